The molecule has 1 N–H and O–H groups in total. The van der Waals surface area contributed by atoms with E-state index < -0.39 is 0 Å². The Morgan fingerprint density at radius 2 is 2.44 bits per heavy atom. The summed E-state index contributed by atoms with van der Waals surface area (Å²) in [6.45, 7) is 0. The maximum Gasteiger partial charge on any atom is 0.159 e. The fraction of sp³-hybridized carbons (Fsp3) is 0.167. The Morgan fingerprint density at radius 1 is 1.44 bits per heavy atom. The maximum absolute atomic E-state index is 4.11. The van der Waals surface area contributed by atoms with E-state index in [1.807, 2.05) is 29.4 Å². The van der Waals surface area contributed by atoms with Gasteiger partial charge in [0.1, 0.15) is 6.34 Å². The zero-order valence-corrected chi connectivity index (χ0v) is 4.86. The Labute approximate surface area is 53.3 Å². The second-order valence-electron chi connectivity index (χ2n) is 1.95. The van der Waals surface area contributed by atoms with Crippen LogP contribution in [-0.4, -0.2) is 17.5 Å². The van der Waals surface area contributed by atoms with E-state index >= 15 is 0 Å². The van der Waals surface area contributed by atoms with Crippen LogP contribution in [0.1, 0.15) is 0 Å². The fourth-order valence-corrected chi connectivity index (χ4v) is 0.904. The minimum Gasteiger partial charge on any atom is -0.286 e. The summed E-state index contributed by atoms with van der Waals surface area (Å²) < 4.78 is 0. The molecule has 0 aromatic carbocycles. The molecule has 2 heterocycles. The van der Waals surface area contributed by atoms with E-state index in [0.717, 1.165) is 0 Å². The summed E-state index contributed by atoms with van der Waals surface area (Å²) in [5.41, 5.74) is 2.96. The Morgan fingerprint density at radius 3 is 3.33 bits per heavy atom. The van der Waals surface area contributed by atoms with E-state index in [-0.39, 0.29) is 6.17 Å². The van der Waals surface area contributed by atoms with Crippen molar-refractivity contribution in [1.82, 2.24) is 10.4 Å². The summed E-state index contributed by atoms with van der Waals surface area (Å²) in [5, 5.41) is 1.93. The molecule has 0 saturated carbocycles. The SMILES string of the molecule is C1=CC2N=CNN2C=C1. The molecule has 1 atom stereocenters. The van der Waals surface area contributed by atoms with Crippen molar-refractivity contribution in [2.75, 3.05) is 0 Å². The molecule has 9 heavy (non-hydrogen) atoms. The zero-order chi connectivity index (χ0) is 6.10. The number of rotatable bonds is 0. The molecular weight excluding hydrogens is 114 g/mol. The molecule has 0 saturated heterocycles. The van der Waals surface area contributed by atoms with Gasteiger partial charge in [-0.2, -0.15) is 0 Å². The molecular formula is C6H7N3. The highest BCUT2D eigenvalue weighted by atomic mass is 15.6. The first-order valence-corrected chi connectivity index (χ1v) is 2.88. The van der Waals surface area contributed by atoms with Crippen LogP contribution in [0.3, 0.4) is 0 Å². The predicted molar refractivity (Wildman–Crippen MR) is 35.5 cm³/mol. The van der Waals surface area contributed by atoms with E-state index in [0.29, 0.717) is 0 Å². The fourth-order valence-electron chi connectivity index (χ4n) is 0.904. The van der Waals surface area contributed by atoms with Gasteiger partial charge in [-0.1, -0.05) is 6.08 Å². The third-order valence-electron chi connectivity index (χ3n) is 1.36. The molecule has 0 aromatic heterocycles. The first-order chi connectivity index (χ1) is 4.47. The van der Waals surface area contributed by atoms with Crippen LogP contribution in [0.2, 0.25) is 0 Å². The molecule has 0 bridgehead atoms. The lowest BCUT2D eigenvalue weighted by Crippen LogP contribution is -2.33. The summed E-state index contributed by atoms with van der Waals surface area (Å²) in [6, 6.07) is 0. The molecule has 0 fully saturated rings. The van der Waals surface area contributed by atoms with Crippen molar-refractivity contribution in [3.8, 4) is 0 Å². The Hall–Kier alpha value is -1.25. The van der Waals surface area contributed by atoms with Gasteiger partial charge in [-0.05, 0) is 12.2 Å². The van der Waals surface area contributed by atoms with Crippen LogP contribution in [0.5, 0.6) is 0 Å². The minimum atomic E-state index is 0.190. The lowest BCUT2D eigenvalue weighted by Gasteiger charge is -2.19. The number of nitrogens with one attached hydrogen (secondary N) is 1. The highest BCUT2D eigenvalue weighted by molar-refractivity contribution is 5.57. The first-order valence-electron chi connectivity index (χ1n) is 2.88. The molecule has 1 unspecified atom stereocenters. The van der Waals surface area contributed by atoms with Gasteiger partial charge in [-0.15, -0.1) is 0 Å². The highest BCUT2D eigenvalue weighted by Gasteiger charge is 2.14. The topological polar surface area (TPSA) is 27.6 Å². The molecule has 0 radical (unpaired) electrons. The van der Waals surface area contributed by atoms with Crippen LogP contribution in [0.4, 0.5) is 0 Å². The number of hydrogen-bond donors (Lipinski definition) is 1. The number of hydrazine groups is 1. The molecule has 0 amide bonds. The van der Waals surface area contributed by atoms with E-state index in [4.69, 9.17) is 0 Å². The summed E-state index contributed by atoms with van der Waals surface area (Å²) in [5.74, 6) is 0. The van der Waals surface area contributed by atoms with Crippen LogP contribution < -0.4 is 5.43 Å². The van der Waals surface area contributed by atoms with Crippen molar-refractivity contribution < 1.29 is 0 Å². The van der Waals surface area contributed by atoms with Gasteiger partial charge in [0.15, 0.2) is 6.17 Å². The summed E-state index contributed by atoms with van der Waals surface area (Å²) in [7, 11) is 0. The van der Waals surface area contributed by atoms with Gasteiger partial charge < -0.3 is 0 Å². The van der Waals surface area contributed by atoms with Crippen molar-refractivity contribution in [1.29, 1.82) is 0 Å². The van der Waals surface area contributed by atoms with Crippen LogP contribution >= 0.6 is 0 Å². The quantitative estimate of drug-likeness (QED) is 0.497. The normalized spacial score (nSPS) is 28.4. The Kier molecular flexibility index (Phi) is 0.828. The summed E-state index contributed by atoms with van der Waals surface area (Å²) in [6.07, 6.45) is 9.83. The standard InChI is InChI=1S/C6H7N3/c1-2-4-9-6(3-1)7-5-8-9/h1-6H,(H,7,8). The van der Waals surface area contributed by atoms with E-state index in [1.54, 1.807) is 6.34 Å². The smallest absolute Gasteiger partial charge is 0.159 e. The van der Waals surface area contributed by atoms with E-state index in [1.165, 1.54) is 0 Å². The van der Waals surface area contributed by atoms with Gasteiger partial charge in [0.25, 0.3) is 0 Å². The van der Waals surface area contributed by atoms with Crippen molar-refractivity contribution in [2.45, 2.75) is 6.17 Å². The average Bonchev–Trinajstić information content (AvgIpc) is 2.33. The number of allylic oxidation sites excluding steroid dienone is 2. The number of aliphatic imine (C=N–C) groups is 1. The van der Waals surface area contributed by atoms with Crippen LogP contribution in [0, 0.1) is 0 Å². The van der Waals surface area contributed by atoms with Gasteiger partial charge in [0.2, 0.25) is 0 Å². The Balaban J connectivity index is 2.25. The monoisotopic (exact) mass is 121 g/mol. The first kappa shape index (κ1) is 4.61. The zero-order valence-electron chi connectivity index (χ0n) is 4.86. The van der Waals surface area contributed by atoms with Crippen LogP contribution in [0.25, 0.3) is 0 Å². The number of nitrogens with zero attached hydrogens (tertiary/aromatic N) is 2. The second-order valence-corrected chi connectivity index (χ2v) is 1.95. The molecule has 3 heteroatoms. The maximum atomic E-state index is 4.11. The van der Waals surface area contributed by atoms with Crippen molar-refractivity contribution in [3.05, 3.63) is 24.4 Å². The molecule has 3 nitrogen and oxygen atoms in total. The largest absolute Gasteiger partial charge is 0.286 e. The molecule has 2 rings (SSSR count). The van der Waals surface area contributed by atoms with E-state index in [9.17, 15) is 0 Å². The van der Waals surface area contributed by atoms with Crippen molar-refractivity contribution in [3.63, 3.8) is 0 Å². The third-order valence-corrected chi connectivity index (χ3v) is 1.36. The lowest BCUT2D eigenvalue weighted by atomic mass is 10.3. The highest BCUT2D eigenvalue weighted by Crippen LogP contribution is 2.08. The molecule has 2 aliphatic heterocycles. The van der Waals surface area contributed by atoms with E-state index in [2.05, 4.69) is 10.4 Å². The molecule has 0 spiro atoms. The second kappa shape index (κ2) is 1.62. The molecule has 2 aliphatic rings. The van der Waals surface area contributed by atoms with Crippen LogP contribution in [0.15, 0.2) is 29.4 Å². The van der Waals surface area contributed by atoms with Gasteiger partial charge in [-0.3, -0.25) is 10.4 Å². The molecule has 46 valence electrons. The predicted octanol–water partition coefficient (Wildman–Crippen LogP) is 0.244. The van der Waals surface area contributed by atoms with Crippen molar-refractivity contribution in [2.24, 2.45) is 4.99 Å². The van der Waals surface area contributed by atoms with Gasteiger partial charge in [-0.25, -0.2) is 4.99 Å². The van der Waals surface area contributed by atoms with Gasteiger partial charge in [0, 0.05) is 6.20 Å². The molecule has 0 aliphatic carbocycles. The average molecular weight is 121 g/mol. The third kappa shape index (κ3) is 0.614. The van der Waals surface area contributed by atoms with Crippen molar-refractivity contribution >= 4 is 6.34 Å². The number of hydrogen-bond acceptors (Lipinski definition) is 3. The minimum absolute atomic E-state index is 0.190. The van der Waals surface area contributed by atoms with Gasteiger partial charge >= 0.3 is 0 Å². The Bertz CT molecular complexity index is 192. The molecule has 0 aromatic rings. The lowest BCUT2D eigenvalue weighted by molar-refractivity contribution is 0.316. The summed E-state index contributed by atoms with van der Waals surface area (Å²) in [4.78, 5) is 4.11. The van der Waals surface area contributed by atoms with Gasteiger partial charge in [0.05, 0.1) is 0 Å². The summed E-state index contributed by atoms with van der Waals surface area (Å²) >= 11 is 0. The number of fused-ring (bicyclic) bond motifs is 1. The van der Waals surface area contributed by atoms with Crippen LogP contribution in [-0.2, 0) is 0 Å².